The molecule has 0 aromatic heterocycles. The first-order valence-corrected chi connectivity index (χ1v) is 6.16. The highest BCUT2D eigenvalue weighted by Crippen LogP contribution is 2.25. The first-order chi connectivity index (χ1) is 7.97. The summed E-state index contributed by atoms with van der Waals surface area (Å²) in [4.78, 5) is 11.9. The molecule has 0 saturated heterocycles. The van der Waals surface area contributed by atoms with Crippen molar-refractivity contribution in [3.05, 3.63) is 28.8 Å². The fraction of sp³-hybridized carbons (Fsp3) is 0.462. The third kappa shape index (κ3) is 3.45. The van der Waals surface area contributed by atoms with Crippen molar-refractivity contribution in [3.8, 4) is 0 Å². The number of nitrogens with two attached hydrogens (primary N) is 1. The van der Waals surface area contributed by atoms with Crippen molar-refractivity contribution >= 4 is 23.2 Å². The van der Waals surface area contributed by atoms with Crippen LogP contribution in [0.15, 0.2) is 18.2 Å². The second-order valence-electron chi connectivity index (χ2n) is 4.33. The quantitative estimate of drug-likeness (QED) is 0.868. The third-order valence-electron chi connectivity index (χ3n) is 3.03. The highest BCUT2D eigenvalue weighted by molar-refractivity contribution is 6.34. The molecule has 3 N–H and O–H groups in total. The number of para-hydroxylation sites is 1. The molecule has 4 heteroatoms. The number of anilines is 1. The van der Waals surface area contributed by atoms with Gasteiger partial charge in [-0.05, 0) is 24.5 Å². The van der Waals surface area contributed by atoms with Gasteiger partial charge in [0, 0.05) is 0 Å². The van der Waals surface area contributed by atoms with Gasteiger partial charge < -0.3 is 11.1 Å². The zero-order valence-corrected chi connectivity index (χ0v) is 11.2. The summed E-state index contributed by atoms with van der Waals surface area (Å²) in [5, 5.41) is 3.33. The number of nitrogens with one attached hydrogen (secondary N) is 1. The van der Waals surface area contributed by atoms with Gasteiger partial charge in [-0.2, -0.15) is 0 Å². The zero-order valence-electron chi connectivity index (χ0n) is 10.5. The monoisotopic (exact) mass is 254 g/mol. The van der Waals surface area contributed by atoms with Crippen LogP contribution in [0, 0.1) is 12.8 Å². The molecule has 94 valence electrons. The van der Waals surface area contributed by atoms with E-state index in [1.807, 2.05) is 32.9 Å². The number of aryl methyl sites for hydroxylation is 1. The van der Waals surface area contributed by atoms with E-state index < -0.39 is 6.04 Å². The molecule has 3 nitrogen and oxygen atoms in total. The van der Waals surface area contributed by atoms with Crippen molar-refractivity contribution in [3.63, 3.8) is 0 Å². The third-order valence-corrected chi connectivity index (χ3v) is 3.34. The van der Waals surface area contributed by atoms with E-state index in [-0.39, 0.29) is 11.8 Å². The van der Waals surface area contributed by atoms with Crippen LogP contribution in [0.3, 0.4) is 0 Å². The summed E-state index contributed by atoms with van der Waals surface area (Å²) in [5.74, 6) is -0.0339. The van der Waals surface area contributed by atoms with Gasteiger partial charge in [0.25, 0.3) is 0 Å². The minimum absolute atomic E-state index is 0.151. The molecule has 1 aromatic carbocycles. The molecule has 0 spiro atoms. The van der Waals surface area contributed by atoms with E-state index in [9.17, 15) is 4.79 Å². The van der Waals surface area contributed by atoms with Crippen molar-refractivity contribution in [1.29, 1.82) is 0 Å². The smallest absolute Gasteiger partial charge is 0.241 e. The van der Waals surface area contributed by atoms with Crippen molar-refractivity contribution in [2.24, 2.45) is 11.7 Å². The summed E-state index contributed by atoms with van der Waals surface area (Å²) in [5.41, 5.74) is 7.45. The van der Waals surface area contributed by atoms with Gasteiger partial charge in [-0.3, -0.25) is 4.79 Å². The lowest BCUT2D eigenvalue weighted by atomic mass is 9.99. The van der Waals surface area contributed by atoms with E-state index in [0.29, 0.717) is 10.7 Å². The molecule has 1 rings (SSSR count). The fourth-order valence-electron chi connectivity index (χ4n) is 1.51. The Morgan fingerprint density at radius 1 is 1.53 bits per heavy atom. The minimum Gasteiger partial charge on any atom is -0.323 e. The van der Waals surface area contributed by atoms with Crippen molar-refractivity contribution in [2.75, 3.05) is 5.32 Å². The van der Waals surface area contributed by atoms with E-state index in [1.54, 1.807) is 6.07 Å². The number of halogens is 1. The molecule has 2 unspecified atom stereocenters. The molecule has 0 aliphatic carbocycles. The molecule has 0 heterocycles. The van der Waals surface area contributed by atoms with Crippen molar-refractivity contribution in [2.45, 2.75) is 33.2 Å². The molecule has 1 aromatic rings. The van der Waals surface area contributed by atoms with Crippen LogP contribution in [0.1, 0.15) is 25.8 Å². The van der Waals surface area contributed by atoms with Gasteiger partial charge in [-0.1, -0.05) is 44.0 Å². The minimum atomic E-state index is -0.504. The topological polar surface area (TPSA) is 55.1 Å². The number of amides is 1. The number of hydrogen-bond donors (Lipinski definition) is 2. The van der Waals surface area contributed by atoms with Gasteiger partial charge in [-0.15, -0.1) is 0 Å². The molecule has 0 aliphatic heterocycles. The lowest BCUT2D eigenvalue weighted by Gasteiger charge is -2.19. The Labute approximate surface area is 107 Å². The molecule has 0 bridgehead atoms. The van der Waals surface area contributed by atoms with Crippen LogP contribution in [0.2, 0.25) is 5.02 Å². The van der Waals surface area contributed by atoms with Crippen LogP contribution >= 0.6 is 11.6 Å². The summed E-state index contributed by atoms with van der Waals surface area (Å²) < 4.78 is 0. The number of hydrogen-bond acceptors (Lipinski definition) is 2. The largest absolute Gasteiger partial charge is 0.323 e. The standard InChI is InChI=1S/C13H19ClN2O/c1-4-8(2)11(15)13(17)16-12-9(3)6-5-7-10(12)14/h5-8,11H,4,15H2,1-3H3,(H,16,17). The van der Waals surface area contributed by atoms with Crippen molar-refractivity contribution in [1.82, 2.24) is 0 Å². The Hall–Kier alpha value is -1.06. The van der Waals surface area contributed by atoms with Gasteiger partial charge in [0.05, 0.1) is 16.8 Å². The maximum absolute atomic E-state index is 11.9. The van der Waals surface area contributed by atoms with Gasteiger partial charge in [0.15, 0.2) is 0 Å². The number of rotatable bonds is 4. The Balaban J connectivity index is 2.81. The summed E-state index contributed by atoms with van der Waals surface area (Å²) in [6, 6.07) is 4.99. The number of carbonyl (C=O) groups excluding carboxylic acids is 1. The van der Waals surface area contributed by atoms with Gasteiger partial charge >= 0.3 is 0 Å². The van der Waals surface area contributed by atoms with E-state index in [1.165, 1.54) is 0 Å². The lowest BCUT2D eigenvalue weighted by molar-refractivity contribution is -0.118. The van der Waals surface area contributed by atoms with E-state index in [4.69, 9.17) is 17.3 Å². The van der Waals surface area contributed by atoms with E-state index in [2.05, 4.69) is 5.32 Å². The molecular formula is C13H19ClN2O. The molecule has 0 saturated carbocycles. The summed E-state index contributed by atoms with van der Waals surface area (Å²) in [7, 11) is 0. The number of benzene rings is 1. The van der Waals surface area contributed by atoms with Crippen LogP contribution in [0.5, 0.6) is 0 Å². The van der Waals surface area contributed by atoms with Crippen LogP contribution in [-0.2, 0) is 4.79 Å². The first-order valence-electron chi connectivity index (χ1n) is 5.79. The Kier molecular flexibility index (Phi) is 4.97. The van der Waals surface area contributed by atoms with Gasteiger partial charge in [0.2, 0.25) is 5.91 Å². The Bertz CT molecular complexity index is 386. The predicted octanol–water partition coefficient (Wildman–Crippen LogP) is 2.96. The lowest BCUT2D eigenvalue weighted by Crippen LogP contribution is -2.40. The second kappa shape index (κ2) is 6.03. The Morgan fingerprint density at radius 3 is 2.71 bits per heavy atom. The molecule has 2 atom stereocenters. The van der Waals surface area contributed by atoms with E-state index >= 15 is 0 Å². The SMILES string of the molecule is CCC(C)C(N)C(=O)Nc1c(C)cccc1Cl. The van der Waals surface area contributed by atoms with E-state index in [0.717, 1.165) is 12.0 Å². The normalized spacial score (nSPS) is 14.2. The summed E-state index contributed by atoms with van der Waals surface area (Å²) in [6.45, 7) is 5.87. The van der Waals surface area contributed by atoms with Crippen LogP contribution in [0.25, 0.3) is 0 Å². The average Bonchev–Trinajstić information content (AvgIpc) is 2.31. The average molecular weight is 255 g/mol. The molecule has 0 fully saturated rings. The number of carbonyl (C=O) groups is 1. The van der Waals surface area contributed by atoms with Gasteiger partial charge in [0.1, 0.15) is 0 Å². The van der Waals surface area contributed by atoms with Crippen molar-refractivity contribution < 1.29 is 4.79 Å². The van der Waals surface area contributed by atoms with Gasteiger partial charge in [-0.25, -0.2) is 0 Å². The maximum Gasteiger partial charge on any atom is 0.241 e. The van der Waals surface area contributed by atoms with Crippen LogP contribution in [-0.4, -0.2) is 11.9 Å². The summed E-state index contributed by atoms with van der Waals surface area (Å²) in [6.07, 6.45) is 0.871. The predicted molar refractivity (Wildman–Crippen MR) is 72.2 cm³/mol. The second-order valence-corrected chi connectivity index (χ2v) is 4.74. The zero-order chi connectivity index (χ0) is 13.0. The molecular weight excluding hydrogens is 236 g/mol. The fourth-order valence-corrected chi connectivity index (χ4v) is 1.78. The highest BCUT2D eigenvalue weighted by Gasteiger charge is 2.20. The highest BCUT2D eigenvalue weighted by atomic mass is 35.5. The molecule has 0 radical (unpaired) electrons. The Morgan fingerprint density at radius 2 is 2.18 bits per heavy atom. The molecule has 1 amide bonds. The molecule has 0 aliphatic rings. The van der Waals surface area contributed by atoms with Crippen LogP contribution in [0.4, 0.5) is 5.69 Å². The van der Waals surface area contributed by atoms with Crippen LogP contribution < -0.4 is 11.1 Å². The maximum atomic E-state index is 11.9. The molecule has 17 heavy (non-hydrogen) atoms. The summed E-state index contributed by atoms with van der Waals surface area (Å²) >= 11 is 6.04. The first kappa shape index (κ1) is 14.0.